The largest absolute Gasteiger partial charge is 0.487 e. The van der Waals surface area contributed by atoms with Crippen LogP contribution in [0.15, 0.2) is 61.0 Å². The van der Waals surface area contributed by atoms with Crippen molar-refractivity contribution < 1.29 is 27.4 Å². The monoisotopic (exact) mass is 644 g/mol. The molecule has 1 fully saturated rings. The van der Waals surface area contributed by atoms with Gasteiger partial charge in [-0.25, -0.2) is 17.5 Å². The van der Waals surface area contributed by atoms with E-state index in [9.17, 15) is 22.7 Å². The third-order valence-corrected chi connectivity index (χ3v) is 11.8. The number of carbonyl (C=O) groups is 1. The summed E-state index contributed by atoms with van der Waals surface area (Å²) in [5.74, 6) is -1.24. The first-order valence-corrected chi connectivity index (χ1v) is 17.4. The summed E-state index contributed by atoms with van der Waals surface area (Å²) < 4.78 is 49.4. The van der Waals surface area contributed by atoms with E-state index in [1.165, 1.54) is 0 Å². The lowest BCUT2D eigenvalue weighted by Gasteiger charge is -2.48. The number of sulfonamides is 1. The second-order valence-corrected chi connectivity index (χ2v) is 15.2. The van der Waals surface area contributed by atoms with Gasteiger partial charge in [-0.3, -0.25) is 4.79 Å². The Bertz CT molecular complexity index is 1550. The molecule has 10 heteroatoms. The fourth-order valence-corrected chi connectivity index (χ4v) is 8.17. The van der Waals surface area contributed by atoms with E-state index in [-0.39, 0.29) is 29.7 Å². The number of fused-ring (bicyclic) bond motifs is 3. The van der Waals surface area contributed by atoms with Crippen LogP contribution in [-0.4, -0.2) is 43.4 Å². The maximum Gasteiger partial charge on any atom is 0.264 e. The Labute approximate surface area is 265 Å². The molecule has 0 unspecified atom stereocenters. The van der Waals surface area contributed by atoms with Gasteiger partial charge in [-0.1, -0.05) is 43.3 Å². The third kappa shape index (κ3) is 7.16. The normalized spacial score (nSPS) is 29.8. The molecule has 1 aliphatic carbocycles. The van der Waals surface area contributed by atoms with Crippen LogP contribution in [0.5, 0.6) is 5.75 Å². The predicted octanol–water partition coefficient (Wildman–Crippen LogP) is 6.74. The second kappa shape index (κ2) is 13.2. The van der Waals surface area contributed by atoms with Crippen LogP contribution in [0, 0.1) is 17.8 Å². The Morgan fingerprint density at radius 2 is 1.98 bits per heavy atom. The lowest BCUT2D eigenvalue weighted by molar-refractivity contribution is -0.0472. The van der Waals surface area contributed by atoms with E-state index in [0.717, 1.165) is 43.2 Å². The zero-order chi connectivity index (χ0) is 31.6. The molecule has 3 aliphatic rings. The van der Waals surface area contributed by atoms with Gasteiger partial charge in [-0.2, -0.15) is 0 Å². The van der Waals surface area contributed by atoms with Crippen molar-refractivity contribution in [1.29, 1.82) is 0 Å². The predicted molar refractivity (Wildman–Crippen MR) is 172 cm³/mol. The van der Waals surface area contributed by atoms with Gasteiger partial charge in [0.1, 0.15) is 12.4 Å². The van der Waals surface area contributed by atoms with Gasteiger partial charge in [-0.15, -0.1) is 0 Å². The highest BCUT2D eigenvalue weighted by atomic mass is 35.5. The number of aryl methyl sites for hydroxylation is 1. The minimum absolute atomic E-state index is 0.0556. The van der Waals surface area contributed by atoms with Crippen LogP contribution in [0.1, 0.15) is 73.9 Å². The van der Waals surface area contributed by atoms with Gasteiger partial charge in [0.25, 0.3) is 5.91 Å². The Balaban J connectivity index is 1.58. The number of aliphatic hydroxyl groups is 1. The van der Waals surface area contributed by atoms with E-state index < -0.39 is 32.6 Å². The van der Waals surface area contributed by atoms with Crippen molar-refractivity contribution >= 4 is 33.2 Å². The Hall–Kier alpha value is -2.88. The smallest absolute Gasteiger partial charge is 0.264 e. The number of ether oxygens (including phenoxy) is 1. The second-order valence-electron chi connectivity index (χ2n) is 12.7. The summed E-state index contributed by atoms with van der Waals surface area (Å²) in [6.45, 7) is 8.29. The maximum absolute atomic E-state index is 14.3. The fraction of sp³-hybridized carbons (Fsp3) is 0.500. The maximum atomic E-state index is 14.3. The zero-order valence-corrected chi connectivity index (χ0v) is 27.0. The molecule has 238 valence electrons. The molecule has 44 heavy (non-hydrogen) atoms. The zero-order valence-electron chi connectivity index (χ0n) is 25.4. The molecule has 2 aromatic rings. The van der Waals surface area contributed by atoms with Crippen molar-refractivity contribution in [3.63, 3.8) is 0 Å². The van der Waals surface area contributed by atoms with Crippen molar-refractivity contribution in [3.05, 3.63) is 82.7 Å². The van der Waals surface area contributed by atoms with Crippen molar-refractivity contribution in [1.82, 2.24) is 4.72 Å². The van der Waals surface area contributed by atoms with Crippen LogP contribution in [0.2, 0.25) is 5.02 Å². The molecular weight excluding hydrogens is 603 g/mol. The standard InChI is InChI=1S/C34H42ClFN2O5S/c1-22-7-6-15-34(40,19-23(2)36)30-13-10-27(30)20-38-16-5-4-8-25-17-29(35)12-9-28(25)21-43-32-14-11-26(18-31(32)38)33(39)37-44(41,42)24(22)3/h6,9,11-12,14-15,17-18,22,24,27,30,40H,2,4-5,7-8,10,13,16,19-21H2,1,3H3,(H,37,39)/b15-6+/t22-,24+,27-,30+,34-/m0/s1. The number of nitrogens with one attached hydrogen (secondary N) is 1. The highest BCUT2D eigenvalue weighted by Crippen LogP contribution is 2.47. The van der Waals surface area contributed by atoms with Gasteiger partial charge < -0.3 is 14.7 Å². The summed E-state index contributed by atoms with van der Waals surface area (Å²) in [4.78, 5) is 15.5. The van der Waals surface area contributed by atoms with Gasteiger partial charge in [0.15, 0.2) is 0 Å². The summed E-state index contributed by atoms with van der Waals surface area (Å²) in [5.41, 5.74) is 1.61. The summed E-state index contributed by atoms with van der Waals surface area (Å²) in [6.07, 6.45) is 7.67. The molecule has 5 rings (SSSR count). The Kier molecular flexibility index (Phi) is 9.78. The number of carbonyl (C=O) groups excluding carboxylic acids is 1. The number of anilines is 1. The van der Waals surface area contributed by atoms with Crippen LogP contribution in [0.3, 0.4) is 0 Å². The number of hydrogen-bond acceptors (Lipinski definition) is 6. The molecule has 0 saturated heterocycles. The summed E-state index contributed by atoms with van der Waals surface area (Å²) in [5, 5.41) is 11.6. The molecule has 0 aromatic heterocycles. The SMILES string of the molecule is C=C(F)C[C@@]1(O)/C=C/C[C@H](C)[C@@H](C)S(=O)(=O)NC(=O)c2ccc3c(c2)N(CCCCc2cc(Cl)ccc2CO3)C[C@@H]2CC[C@H]21. The molecule has 0 spiro atoms. The van der Waals surface area contributed by atoms with Crippen LogP contribution in [0.25, 0.3) is 0 Å². The lowest BCUT2D eigenvalue weighted by Crippen LogP contribution is -2.50. The number of halogens is 2. The minimum Gasteiger partial charge on any atom is -0.487 e. The van der Waals surface area contributed by atoms with Crippen LogP contribution >= 0.6 is 11.6 Å². The third-order valence-electron chi connectivity index (χ3n) is 9.67. The molecule has 2 aromatic carbocycles. The molecule has 1 saturated carbocycles. The quantitative estimate of drug-likeness (QED) is 0.352. The average molecular weight is 645 g/mol. The molecule has 2 N–H and O–H groups in total. The van der Waals surface area contributed by atoms with Crippen molar-refractivity contribution in [2.45, 2.75) is 76.3 Å². The number of rotatable bonds is 2. The summed E-state index contributed by atoms with van der Waals surface area (Å²) in [7, 11) is -4.02. The van der Waals surface area contributed by atoms with E-state index in [2.05, 4.69) is 16.2 Å². The van der Waals surface area contributed by atoms with Gasteiger partial charge in [-0.05, 0) is 105 Å². The number of benzene rings is 2. The van der Waals surface area contributed by atoms with Gasteiger partial charge in [0.2, 0.25) is 10.0 Å². The van der Waals surface area contributed by atoms with Gasteiger partial charge in [0.05, 0.1) is 22.4 Å². The summed E-state index contributed by atoms with van der Waals surface area (Å²) >= 11 is 6.30. The molecule has 1 amide bonds. The average Bonchev–Trinajstić information content (AvgIpc) is 2.96. The van der Waals surface area contributed by atoms with E-state index in [1.54, 1.807) is 44.2 Å². The van der Waals surface area contributed by atoms with Gasteiger partial charge >= 0.3 is 0 Å². The topological polar surface area (TPSA) is 95.9 Å². The number of amides is 1. The van der Waals surface area contributed by atoms with E-state index in [4.69, 9.17) is 16.3 Å². The first-order valence-electron chi connectivity index (χ1n) is 15.4. The molecule has 2 aliphatic heterocycles. The van der Waals surface area contributed by atoms with Crippen LogP contribution < -0.4 is 14.4 Å². The fourth-order valence-electron chi connectivity index (χ4n) is 6.69. The Morgan fingerprint density at radius 1 is 1.18 bits per heavy atom. The lowest BCUT2D eigenvalue weighted by atomic mass is 9.63. The van der Waals surface area contributed by atoms with E-state index >= 15 is 0 Å². The molecule has 7 nitrogen and oxygen atoms in total. The molecule has 2 bridgehead atoms. The van der Waals surface area contributed by atoms with Crippen LogP contribution in [-0.2, 0) is 23.1 Å². The highest BCUT2D eigenvalue weighted by molar-refractivity contribution is 7.90. The van der Waals surface area contributed by atoms with Crippen LogP contribution in [0.4, 0.5) is 10.1 Å². The van der Waals surface area contributed by atoms with Crippen molar-refractivity contribution in [2.75, 3.05) is 18.0 Å². The number of nitrogens with zero attached hydrogens (tertiary/aromatic N) is 1. The van der Waals surface area contributed by atoms with Crippen molar-refractivity contribution in [3.8, 4) is 5.75 Å². The number of allylic oxidation sites excluding steroid dienone is 1. The van der Waals surface area contributed by atoms with Gasteiger partial charge in [0, 0.05) is 30.1 Å². The first kappa shape index (κ1) is 32.5. The summed E-state index contributed by atoms with van der Waals surface area (Å²) in [6, 6.07) is 10.8. The molecule has 2 heterocycles. The number of hydrogen-bond donors (Lipinski definition) is 2. The van der Waals surface area contributed by atoms with Crippen molar-refractivity contribution in [2.24, 2.45) is 17.8 Å². The molecule has 0 radical (unpaired) electrons. The molecule has 5 atom stereocenters. The van der Waals surface area contributed by atoms with E-state index in [1.807, 2.05) is 18.2 Å². The molecular formula is C34H42ClFN2O5S. The first-order chi connectivity index (χ1) is 20.9. The Morgan fingerprint density at radius 3 is 2.70 bits per heavy atom. The minimum atomic E-state index is -4.02. The van der Waals surface area contributed by atoms with E-state index in [0.29, 0.717) is 42.6 Å². The highest BCUT2D eigenvalue weighted by Gasteiger charge is 2.46.